The smallest absolute Gasteiger partial charge is 0.257 e. The summed E-state index contributed by atoms with van der Waals surface area (Å²) in [6.45, 7) is 4.32. The molecule has 4 nitrogen and oxygen atoms in total. The third-order valence-electron chi connectivity index (χ3n) is 3.00. The summed E-state index contributed by atoms with van der Waals surface area (Å²) in [5, 5.41) is 2.84. The molecule has 1 amide bonds. The number of carbonyl (C=O) groups is 1. The number of anilines is 2. The van der Waals surface area contributed by atoms with E-state index in [0.29, 0.717) is 29.3 Å². The average Bonchev–Trinajstić information content (AvgIpc) is 2.44. The number of carbonyl (C=O) groups excluding carboxylic acids is 1. The van der Waals surface area contributed by atoms with Crippen molar-refractivity contribution in [3.8, 4) is 5.75 Å². The number of nitrogen functional groups attached to an aromatic ring is 1. The lowest BCUT2D eigenvalue weighted by atomic mass is 10.1. The van der Waals surface area contributed by atoms with Crippen molar-refractivity contribution in [2.45, 2.75) is 13.8 Å². The zero-order valence-corrected chi connectivity index (χ0v) is 11.6. The summed E-state index contributed by atoms with van der Waals surface area (Å²) < 4.78 is 5.48. The molecule has 3 N–H and O–H groups in total. The molecule has 0 saturated heterocycles. The normalized spacial score (nSPS) is 10.1. The van der Waals surface area contributed by atoms with E-state index >= 15 is 0 Å². The number of nitrogens with one attached hydrogen (secondary N) is 1. The van der Waals surface area contributed by atoms with Gasteiger partial charge >= 0.3 is 0 Å². The summed E-state index contributed by atoms with van der Waals surface area (Å²) in [4.78, 5) is 12.3. The van der Waals surface area contributed by atoms with Crippen molar-refractivity contribution < 1.29 is 9.53 Å². The molecule has 0 fully saturated rings. The highest BCUT2D eigenvalue weighted by Crippen LogP contribution is 2.25. The predicted molar refractivity (Wildman–Crippen MR) is 81.2 cm³/mol. The van der Waals surface area contributed by atoms with E-state index in [1.54, 1.807) is 12.1 Å². The molecule has 0 saturated carbocycles. The number of nitrogens with two attached hydrogens (primary N) is 1. The Labute approximate surface area is 118 Å². The molecule has 0 bridgehead atoms. The van der Waals surface area contributed by atoms with Crippen LogP contribution in [-0.2, 0) is 0 Å². The molecule has 0 heterocycles. The fourth-order valence-electron chi connectivity index (χ4n) is 1.92. The second-order valence-corrected chi connectivity index (χ2v) is 4.42. The lowest BCUT2D eigenvalue weighted by Crippen LogP contribution is -2.15. The van der Waals surface area contributed by atoms with Crippen molar-refractivity contribution in [2.24, 2.45) is 0 Å². The first-order valence-corrected chi connectivity index (χ1v) is 6.51. The molecule has 104 valence electrons. The second kappa shape index (κ2) is 6.10. The van der Waals surface area contributed by atoms with Crippen LogP contribution in [0.1, 0.15) is 22.8 Å². The van der Waals surface area contributed by atoms with Crippen molar-refractivity contribution in [1.82, 2.24) is 0 Å². The molecule has 4 heteroatoms. The molecule has 20 heavy (non-hydrogen) atoms. The Morgan fingerprint density at radius 3 is 2.70 bits per heavy atom. The molecule has 2 rings (SSSR count). The van der Waals surface area contributed by atoms with Gasteiger partial charge in [0.25, 0.3) is 5.91 Å². The summed E-state index contributed by atoms with van der Waals surface area (Å²) in [6, 6.07) is 12.7. The van der Waals surface area contributed by atoms with Crippen LogP contribution >= 0.6 is 0 Å². The van der Waals surface area contributed by atoms with Gasteiger partial charge in [0.1, 0.15) is 5.75 Å². The van der Waals surface area contributed by atoms with Gasteiger partial charge in [0.05, 0.1) is 17.9 Å². The van der Waals surface area contributed by atoms with Gasteiger partial charge < -0.3 is 15.8 Å². The highest BCUT2D eigenvalue weighted by Gasteiger charge is 2.13. The van der Waals surface area contributed by atoms with Crippen molar-refractivity contribution >= 4 is 17.3 Å². The van der Waals surface area contributed by atoms with Gasteiger partial charge in [-0.25, -0.2) is 0 Å². The van der Waals surface area contributed by atoms with E-state index in [0.717, 1.165) is 5.56 Å². The van der Waals surface area contributed by atoms with Crippen LogP contribution < -0.4 is 15.8 Å². The van der Waals surface area contributed by atoms with Gasteiger partial charge in [-0.1, -0.05) is 24.3 Å². The topological polar surface area (TPSA) is 64.3 Å². The third-order valence-corrected chi connectivity index (χ3v) is 3.00. The molecule has 2 aromatic rings. The average molecular weight is 270 g/mol. The number of hydrogen-bond acceptors (Lipinski definition) is 3. The predicted octanol–water partition coefficient (Wildman–Crippen LogP) is 3.23. The van der Waals surface area contributed by atoms with Crippen molar-refractivity contribution in [2.75, 3.05) is 17.7 Å². The van der Waals surface area contributed by atoms with Crippen LogP contribution in [0.15, 0.2) is 42.5 Å². The number of rotatable bonds is 4. The molecule has 0 unspecified atom stereocenters. The monoisotopic (exact) mass is 270 g/mol. The SMILES string of the molecule is CCOc1ccccc1NC(=O)c1cccc(C)c1N. The molecule has 0 aromatic heterocycles. The second-order valence-electron chi connectivity index (χ2n) is 4.42. The van der Waals surface area contributed by atoms with Crippen LogP contribution in [0.2, 0.25) is 0 Å². The van der Waals surface area contributed by atoms with Crippen LogP contribution in [0.4, 0.5) is 11.4 Å². The van der Waals surface area contributed by atoms with E-state index in [-0.39, 0.29) is 5.91 Å². The molecule has 2 aromatic carbocycles. The maximum absolute atomic E-state index is 12.3. The Bertz CT molecular complexity index is 624. The van der Waals surface area contributed by atoms with Crippen LogP contribution in [0.5, 0.6) is 5.75 Å². The molecule has 0 radical (unpaired) electrons. The summed E-state index contributed by atoms with van der Waals surface area (Å²) in [5.74, 6) is 0.410. The summed E-state index contributed by atoms with van der Waals surface area (Å²) in [7, 11) is 0. The molecule has 0 aliphatic heterocycles. The molecular weight excluding hydrogens is 252 g/mol. The fourth-order valence-corrected chi connectivity index (χ4v) is 1.92. The standard InChI is InChI=1S/C16H18N2O2/c1-3-20-14-10-5-4-9-13(14)18-16(19)12-8-6-7-11(2)15(12)17/h4-10H,3,17H2,1-2H3,(H,18,19). The zero-order valence-electron chi connectivity index (χ0n) is 11.6. The van der Waals surface area contributed by atoms with E-state index in [4.69, 9.17) is 10.5 Å². The van der Waals surface area contributed by atoms with E-state index < -0.39 is 0 Å². The minimum atomic E-state index is -0.238. The highest BCUT2D eigenvalue weighted by molar-refractivity contribution is 6.08. The van der Waals surface area contributed by atoms with Crippen LogP contribution in [0, 0.1) is 6.92 Å². The van der Waals surface area contributed by atoms with Crippen LogP contribution in [-0.4, -0.2) is 12.5 Å². The Morgan fingerprint density at radius 1 is 1.20 bits per heavy atom. The van der Waals surface area contributed by atoms with Gasteiger partial charge in [0.2, 0.25) is 0 Å². The summed E-state index contributed by atoms with van der Waals surface area (Å²) in [5.41, 5.74) is 8.43. The maximum Gasteiger partial charge on any atom is 0.257 e. The van der Waals surface area contributed by atoms with Crippen molar-refractivity contribution in [1.29, 1.82) is 0 Å². The molecule has 0 atom stereocenters. The van der Waals surface area contributed by atoms with Crippen molar-refractivity contribution in [3.05, 3.63) is 53.6 Å². The Kier molecular flexibility index (Phi) is 4.25. The maximum atomic E-state index is 12.3. The van der Waals surface area contributed by atoms with Gasteiger partial charge in [-0.3, -0.25) is 4.79 Å². The molecule has 0 spiro atoms. The number of hydrogen-bond donors (Lipinski definition) is 2. The molecule has 0 aliphatic rings. The first-order chi connectivity index (χ1) is 9.63. The number of benzene rings is 2. The Hall–Kier alpha value is -2.49. The largest absolute Gasteiger partial charge is 0.492 e. The zero-order chi connectivity index (χ0) is 14.5. The van der Waals surface area contributed by atoms with E-state index in [1.807, 2.05) is 44.2 Å². The Morgan fingerprint density at radius 2 is 1.95 bits per heavy atom. The minimum Gasteiger partial charge on any atom is -0.492 e. The van der Waals surface area contributed by atoms with Gasteiger partial charge in [0, 0.05) is 5.69 Å². The van der Waals surface area contributed by atoms with Gasteiger partial charge in [-0.2, -0.15) is 0 Å². The Balaban J connectivity index is 2.26. The van der Waals surface area contributed by atoms with Crippen molar-refractivity contribution in [3.63, 3.8) is 0 Å². The number of amides is 1. The fraction of sp³-hybridized carbons (Fsp3) is 0.188. The summed E-state index contributed by atoms with van der Waals surface area (Å²) in [6.07, 6.45) is 0. The minimum absolute atomic E-state index is 0.238. The van der Waals surface area contributed by atoms with Gasteiger partial charge in [-0.05, 0) is 37.6 Å². The van der Waals surface area contributed by atoms with E-state index in [9.17, 15) is 4.79 Å². The summed E-state index contributed by atoms with van der Waals surface area (Å²) >= 11 is 0. The molecular formula is C16H18N2O2. The van der Waals surface area contributed by atoms with Crippen LogP contribution in [0.25, 0.3) is 0 Å². The third kappa shape index (κ3) is 2.91. The number of aryl methyl sites for hydroxylation is 1. The molecule has 0 aliphatic carbocycles. The van der Waals surface area contributed by atoms with Crippen LogP contribution in [0.3, 0.4) is 0 Å². The van der Waals surface area contributed by atoms with Gasteiger partial charge in [0.15, 0.2) is 0 Å². The first-order valence-electron chi connectivity index (χ1n) is 6.51. The highest BCUT2D eigenvalue weighted by atomic mass is 16.5. The lowest BCUT2D eigenvalue weighted by molar-refractivity contribution is 0.102. The lowest BCUT2D eigenvalue weighted by Gasteiger charge is -2.12. The van der Waals surface area contributed by atoms with Gasteiger partial charge in [-0.15, -0.1) is 0 Å². The first kappa shape index (κ1) is 13.9. The van der Waals surface area contributed by atoms with E-state index in [2.05, 4.69) is 5.32 Å². The quantitative estimate of drug-likeness (QED) is 0.838. The van der Waals surface area contributed by atoms with E-state index in [1.165, 1.54) is 0 Å². The number of ether oxygens (including phenoxy) is 1. The number of para-hydroxylation sites is 3.